The highest BCUT2D eigenvalue weighted by atomic mass is 35.5. The maximum atomic E-state index is 9.09. The Bertz CT molecular complexity index is 1110. The van der Waals surface area contributed by atoms with Crippen molar-refractivity contribution in [2.45, 2.75) is 0 Å². The highest BCUT2D eigenvalue weighted by Crippen LogP contribution is 2.30. The van der Waals surface area contributed by atoms with Crippen molar-refractivity contribution < 1.29 is 4.42 Å². The summed E-state index contributed by atoms with van der Waals surface area (Å²) >= 11 is 6.16. The summed E-state index contributed by atoms with van der Waals surface area (Å²) in [5, 5.41) is 30.1. The molecule has 3 aromatic rings. The summed E-state index contributed by atoms with van der Waals surface area (Å²) in [7, 11) is 0. The van der Waals surface area contributed by atoms with Crippen molar-refractivity contribution in [2.75, 3.05) is 5.32 Å². The lowest BCUT2D eigenvalue weighted by molar-refractivity contribution is 0.620. The van der Waals surface area contributed by atoms with Crippen molar-refractivity contribution >= 4 is 28.4 Å². The number of oxazole rings is 1. The molecular formula is C18H8ClN5O. The van der Waals surface area contributed by atoms with Gasteiger partial charge in [-0.05, 0) is 24.3 Å². The van der Waals surface area contributed by atoms with E-state index >= 15 is 0 Å². The molecule has 0 saturated carbocycles. The van der Waals surface area contributed by atoms with E-state index in [1.54, 1.807) is 48.5 Å². The number of nitrogens with one attached hydrogen (secondary N) is 1. The van der Waals surface area contributed by atoms with Crippen LogP contribution in [-0.2, 0) is 0 Å². The molecule has 25 heavy (non-hydrogen) atoms. The fraction of sp³-hybridized carbons (Fsp3) is 0. The third-order valence-electron chi connectivity index (χ3n) is 3.35. The van der Waals surface area contributed by atoms with Gasteiger partial charge in [0.05, 0.1) is 10.6 Å². The summed E-state index contributed by atoms with van der Waals surface area (Å²) < 4.78 is 5.74. The van der Waals surface area contributed by atoms with E-state index in [-0.39, 0.29) is 11.3 Å². The van der Waals surface area contributed by atoms with Crippen LogP contribution in [0.25, 0.3) is 22.6 Å². The number of allylic oxidation sites excluding steroid dienone is 2. The van der Waals surface area contributed by atoms with Gasteiger partial charge in [0.15, 0.2) is 11.2 Å². The smallest absolute Gasteiger partial charge is 0.228 e. The molecule has 1 heterocycles. The van der Waals surface area contributed by atoms with Gasteiger partial charge < -0.3 is 9.73 Å². The number of benzene rings is 2. The molecule has 0 bridgehead atoms. The highest BCUT2D eigenvalue weighted by Gasteiger charge is 2.12. The first-order valence-corrected chi connectivity index (χ1v) is 7.41. The van der Waals surface area contributed by atoms with Crippen LogP contribution in [0.3, 0.4) is 0 Å². The van der Waals surface area contributed by atoms with Crippen LogP contribution in [-0.4, -0.2) is 4.98 Å². The maximum Gasteiger partial charge on any atom is 0.228 e. The van der Waals surface area contributed by atoms with Crippen LogP contribution in [0, 0.1) is 34.0 Å². The number of nitriles is 3. The predicted molar refractivity (Wildman–Crippen MR) is 91.9 cm³/mol. The Morgan fingerprint density at radius 2 is 1.80 bits per heavy atom. The second kappa shape index (κ2) is 6.76. The van der Waals surface area contributed by atoms with Crippen LogP contribution in [0.4, 0.5) is 5.69 Å². The van der Waals surface area contributed by atoms with E-state index in [2.05, 4.69) is 10.3 Å². The van der Waals surface area contributed by atoms with E-state index < -0.39 is 0 Å². The molecule has 0 aliphatic heterocycles. The summed E-state index contributed by atoms with van der Waals surface area (Å²) in [6.07, 6.45) is 0. The van der Waals surface area contributed by atoms with Gasteiger partial charge in [-0.25, -0.2) is 4.98 Å². The van der Waals surface area contributed by atoms with Crippen LogP contribution in [0.15, 0.2) is 58.2 Å². The number of rotatable bonds is 3. The lowest BCUT2D eigenvalue weighted by atomic mass is 10.2. The molecule has 1 aromatic heterocycles. The standard InChI is InChI=1S/C18H8ClN5O/c19-14-4-2-1-3-13(14)18-24-15-6-5-12(7-17(15)25-18)23-16(10-22)11(8-20)9-21/h1-7,23H. The van der Waals surface area contributed by atoms with Crippen LogP contribution < -0.4 is 5.32 Å². The summed E-state index contributed by atoms with van der Waals surface area (Å²) in [4.78, 5) is 4.39. The van der Waals surface area contributed by atoms with Gasteiger partial charge in [0, 0.05) is 11.8 Å². The van der Waals surface area contributed by atoms with E-state index in [0.717, 1.165) is 0 Å². The molecule has 0 aliphatic rings. The summed E-state index contributed by atoms with van der Waals surface area (Å²) in [6.45, 7) is 0. The first kappa shape index (κ1) is 16.1. The van der Waals surface area contributed by atoms with E-state index in [4.69, 9.17) is 31.8 Å². The van der Waals surface area contributed by atoms with Gasteiger partial charge in [-0.15, -0.1) is 0 Å². The van der Waals surface area contributed by atoms with E-state index in [9.17, 15) is 0 Å². The van der Waals surface area contributed by atoms with Gasteiger partial charge >= 0.3 is 0 Å². The number of halogens is 1. The van der Waals surface area contributed by atoms with Gasteiger partial charge in [-0.1, -0.05) is 23.7 Å². The van der Waals surface area contributed by atoms with Crippen molar-refractivity contribution in [3.8, 4) is 29.7 Å². The minimum Gasteiger partial charge on any atom is -0.436 e. The fourth-order valence-electron chi connectivity index (χ4n) is 2.18. The molecular weight excluding hydrogens is 338 g/mol. The molecule has 0 spiro atoms. The number of nitrogens with zero attached hydrogens (tertiary/aromatic N) is 4. The highest BCUT2D eigenvalue weighted by molar-refractivity contribution is 6.33. The zero-order chi connectivity index (χ0) is 17.8. The van der Waals surface area contributed by atoms with Crippen molar-refractivity contribution in [2.24, 2.45) is 0 Å². The molecule has 118 valence electrons. The first-order valence-electron chi connectivity index (χ1n) is 7.03. The Kier molecular flexibility index (Phi) is 4.35. The first-order chi connectivity index (χ1) is 12.2. The molecule has 0 fully saturated rings. The average Bonchev–Trinajstić information content (AvgIpc) is 3.05. The Labute approximate surface area is 147 Å². The molecule has 1 N–H and O–H groups in total. The molecule has 3 rings (SSSR count). The number of hydrogen-bond acceptors (Lipinski definition) is 6. The summed E-state index contributed by atoms with van der Waals surface area (Å²) in [6, 6.07) is 17.3. The van der Waals surface area contributed by atoms with E-state index in [0.29, 0.717) is 33.3 Å². The topological polar surface area (TPSA) is 109 Å². The second-order valence-electron chi connectivity index (χ2n) is 4.89. The summed E-state index contributed by atoms with van der Waals surface area (Å²) in [5.74, 6) is 0.378. The minimum absolute atomic E-state index is 0.129. The zero-order valence-corrected chi connectivity index (χ0v) is 13.4. The summed E-state index contributed by atoms with van der Waals surface area (Å²) in [5.41, 5.74) is 1.83. The largest absolute Gasteiger partial charge is 0.436 e. The number of anilines is 1. The van der Waals surface area contributed by atoms with Gasteiger partial charge in [-0.3, -0.25) is 0 Å². The lowest BCUT2D eigenvalue weighted by Gasteiger charge is -2.03. The molecule has 7 heteroatoms. The number of hydrogen-bond donors (Lipinski definition) is 1. The van der Waals surface area contributed by atoms with Crippen LogP contribution in [0.2, 0.25) is 5.02 Å². The van der Waals surface area contributed by atoms with E-state index in [1.807, 2.05) is 12.1 Å². The number of fused-ring (bicyclic) bond motifs is 1. The van der Waals surface area contributed by atoms with Crippen LogP contribution in [0.5, 0.6) is 0 Å². The normalized spacial score (nSPS) is 9.68. The van der Waals surface area contributed by atoms with Gasteiger partial charge in [-0.2, -0.15) is 15.8 Å². The molecule has 0 atom stereocenters. The van der Waals surface area contributed by atoms with Crippen molar-refractivity contribution in [1.29, 1.82) is 15.8 Å². The van der Waals surface area contributed by atoms with Gasteiger partial charge in [0.2, 0.25) is 5.89 Å². The van der Waals surface area contributed by atoms with Crippen molar-refractivity contribution in [1.82, 2.24) is 4.98 Å². The molecule has 0 amide bonds. The number of aromatic nitrogens is 1. The Morgan fingerprint density at radius 1 is 1.04 bits per heavy atom. The quantitative estimate of drug-likeness (QED) is 0.705. The monoisotopic (exact) mass is 345 g/mol. The molecule has 2 aromatic carbocycles. The average molecular weight is 346 g/mol. The Hall–Kier alpha value is -3.79. The Balaban J connectivity index is 2.01. The van der Waals surface area contributed by atoms with Crippen LogP contribution >= 0.6 is 11.6 Å². The Morgan fingerprint density at radius 3 is 2.48 bits per heavy atom. The lowest BCUT2D eigenvalue weighted by Crippen LogP contribution is -2.00. The maximum absolute atomic E-state index is 9.09. The molecule has 6 nitrogen and oxygen atoms in total. The van der Waals surface area contributed by atoms with E-state index in [1.165, 1.54) is 0 Å². The van der Waals surface area contributed by atoms with Gasteiger partial charge in [0.1, 0.15) is 29.4 Å². The predicted octanol–water partition coefficient (Wildman–Crippen LogP) is 4.38. The SMILES string of the molecule is N#CC(C#N)=C(C#N)Nc1ccc2nc(-c3ccccc3Cl)oc2c1. The van der Waals surface area contributed by atoms with Crippen LogP contribution in [0.1, 0.15) is 0 Å². The third-order valence-corrected chi connectivity index (χ3v) is 3.68. The molecule has 0 unspecified atom stereocenters. The molecule has 0 aliphatic carbocycles. The zero-order valence-electron chi connectivity index (χ0n) is 12.6. The second-order valence-corrected chi connectivity index (χ2v) is 5.30. The molecule has 0 radical (unpaired) electrons. The van der Waals surface area contributed by atoms with Crippen molar-refractivity contribution in [3.05, 3.63) is 58.8 Å². The molecule has 0 saturated heterocycles. The third kappa shape index (κ3) is 3.14. The fourth-order valence-corrected chi connectivity index (χ4v) is 2.40. The van der Waals surface area contributed by atoms with Gasteiger partial charge in [0.25, 0.3) is 0 Å². The van der Waals surface area contributed by atoms with Crippen molar-refractivity contribution in [3.63, 3.8) is 0 Å². The minimum atomic E-state index is -0.295.